The van der Waals surface area contributed by atoms with Gasteiger partial charge < -0.3 is 10.6 Å². The Hall–Kier alpha value is -2.29. The maximum absolute atomic E-state index is 11.9. The van der Waals surface area contributed by atoms with Crippen LogP contribution in [0.5, 0.6) is 0 Å². The lowest BCUT2D eigenvalue weighted by atomic mass is 9.87. The number of rotatable bonds is 5. The third kappa shape index (κ3) is 5.44. The molecule has 3 nitrogen and oxygen atoms in total. The third-order valence-electron chi connectivity index (χ3n) is 3.73. The number of amides is 1. The molecule has 0 atom stereocenters. The zero-order valence-electron chi connectivity index (χ0n) is 14.4. The summed E-state index contributed by atoms with van der Waals surface area (Å²) in [6, 6.07) is 16.2. The van der Waals surface area contributed by atoms with Crippen molar-refractivity contribution in [3.05, 3.63) is 59.7 Å². The van der Waals surface area contributed by atoms with Crippen molar-refractivity contribution in [2.45, 2.75) is 39.5 Å². The minimum atomic E-state index is 0.0226. The Labute approximate surface area is 139 Å². The van der Waals surface area contributed by atoms with Gasteiger partial charge in [-0.25, -0.2) is 0 Å². The van der Waals surface area contributed by atoms with Crippen molar-refractivity contribution in [3.8, 4) is 0 Å². The molecule has 0 aromatic heterocycles. The molecule has 23 heavy (non-hydrogen) atoms. The highest BCUT2D eigenvalue weighted by Gasteiger charge is 2.12. The molecule has 0 unspecified atom stereocenters. The molecule has 0 bridgehead atoms. The molecule has 0 aliphatic heterocycles. The lowest BCUT2D eigenvalue weighted by Crippen LogP contribution is -2.16. The van der Waals surface area contributed by atoms with Crippen LogP contribution in [0.4, 0.5) is 11.4 Å². The topological polar surface area (TPSA) is 41.1 Å². The molecule has 2 aromatic carbocycles. The average molecular weight is 310 g/mol. The van der Waals surface area contributed by atoms with Crippen molar-refractivity contribution in [2.24, 2.45) is 0 Å². The molecule has 0 heterocycles. The molecule has 3 heteroatoms. The Kier molecular flexibility index (Phi) is 5.43. The summed E-state index contributed by atoms with van der Waals surface area (Å²) in [5.41, 5.74) is 4.50. The van der Waals surface area contributed by atoms with E-state index in [1.165, 1.54) is 5.56 Å². The van der Waals surface area contributed by atoms with E-state index >= 15 is 0 Å². The summed E-state index contributed by atoms with van der Waals surface area (Å²) in [5, 5.41) is 6.21. The van der Waals surface area contributed by atoms with E-state index < -0.39 is 0 Å². The van der Waals surface area contributed by atoms with E-state index in [0.717, 1.165) is 16.9 Å². The van der Waals surface area contributed by atoms with Crippen molar-refractivity contribution in [1.82, 2.24) is 0 Å². The smallest absolute Gasteiger partial charge is 0.226 e. The van der Waals surface area contributed by atoms with Crippen molar-refractivity contribution in [2.75, 3.05) is 17.2 Å². The van der Waals surface area contributed by atoms with Crippen LogP contribution in [0.2, 0.25) is 0 Å². The second-order valence-corrected chi connectivity index (χ2v) is 6.92. The molecule has 0 saturated carbocycles. The van der Waals surface area contributed by atoms with Gasteiger partial charge in [-0.15, -0.1) is 0 Å². The molecule has 2 aromatic rings. The van der Waals surface area contributed by atoms with E-state index in [1.807, 2.05) is 31.2 Å². The Morgan fingerprint density at radius 1 is 1.00 bits per heavy atom. The second-order valence-electron chi connectivity index (χ2n) is 6.92. The van der Waals surface area contributed by atoms with Gasteiger partial charge in [0, 0.05) is 24.3 Å². The van der Waals surface area contributed by atoms with E-state index in [1.54, 1.807) is 0 Å². The molecular weight excluding hydrogens is 284 g/mol. The zero-order valence-corrected chi connectivity index (χ0v) is 14.4. The van der Waals surface area contributed by atoms with Crippen molar-refractivity contribution < 1.29 is 4.79 Å². The van der Waals surface area contributed by atoms with E-state index in [0.29, 0.717) is 13.0 Å². The van der Waals surface area contributed by atoms with Gasteiger partial charge in [-0.05, 0) is 47.7 Å². The predicted molar refractivity (Wildman–Crippen MR) is 98.1 cm³/mol. The number of hydrogen-bond acceptors (Lipinski definition) is 2. The number of benzene rings is 2. The minimum Gasteiger partial charge on any atom is -0.385 e. The highest BCUT2D eigenvalue weighted by atomic mass is 16.1. The number of aryl methyl sites for hydroxylation is 1. The first-order valence-electron chi connectivity index (χ1n) is 8.05. The summed E-state index contributed by atoms with van der Waals surface area (Å²) in [6.07, 6.45) is 0.439. The Balaban J connectivity index is 1.79. The largest absolute Gasteiger partial charge is 0.385 e. The van der Waals surface area contributed by atoms with Gasteiger partial charge in [0.1, 0.15) is 0 Å². The summed E-state index contributed by atoms with van der Waals surface area (Å²) in [6.45, 7) is 9.23. The molecule has 2 N–H and O–H groups in total. The van der Waals surface area contributed by atoms with Gasteiger partial charge in [0.25, 0.3) is 0 Å². The number of carbonyl (C=O) groups is 1. The quantitative estimate of drug-likeness (QED) is 0.838. The Bertz CT molecular complexity index is 654. The van der Waals surface area contributed by atoms with Gasteiger partial charge in [0.05, 0.1) is 0 Å². The number of anilines is 2. The molecule has 0 radical (unpaired) electrons. The van der Waals surface area contributed by atoms with E-state index in [9.17, 15) is 4.79 Å². The molecular formula is C20H26N2O. The minimum absolute atomic E-state index is 0.0226. The van der Waals surface area contributed by atoms with Crippen LogP contribution in [0.1, 0.15) is 38.3 Å². The van der Waals surface area contributed by atoms with E-state index in [4.69, 9.17) is 0 Å². The van der Waals surface area contributed by atoms with Crippen LogP contribution in [0.25, 0.3) is 0 Å². The first-order valence-corrected chi connectivity index (χ1v) is 8.05. The van der Waals surface area contributed by atoms with E-state index in [2.05, 4.69) is 55.7 Å². The maximum Gasteiger partial charge on any atom is 0.226 e. The fraction of sp³-hybridized carbons (Fsp3) is 0.350. The van der Waals surface area contributed by atoms with Gasteiger partial charge in [0.15, 0.2) is 0 Å². The number of hydrogen-bond donors (Lipinski definition) is 2. The molecule has 0 fully saturated rings. The summed E-state index contributed by atoms with van der Waals surface area (Å²) >= 11 is 0. The van der Waals surface area contributed by atoms with Crippen LogP contribution in [0, 0.1) is 6.92 Å². The zero-order chi connectivity index (χ0) is 16.9. The maximum atomic E-state index is 11.9. The normalized spacial score (nSPS) is 11.1. The predicted octanol–water partition coefficient (Wildman–Crippen LogP) is 4.73. The summed E-state index contributed by atoms with van der Waals surface area (Å²) in [4.78, 5) is 11.9. The summed E-state index contributed by atoms with van der Waals surface area (Å²) in [5.74, 6) is 0.0226. The first-order chi connectivity index (χ1) is 10.8. The third-order valence-corrected chi connectivity index (χ3v) is 3.73. The first kappa shape index (κ1) is 17.1. The SMILES string of the molecule is Cc1cccc(NC(=O)CCNc2ccc(C(C)(C)C)cc2)c1. The highest BCUT2D eigenvalue weighted by Crippen LogP contribution is 2.23. The molecule has 0 aliphatic carbocycles. The van der Waals surface area contributed by atoms with Gasteiger partial charge in [0.2, 0.25) is 5.91 Å². The van der Waals surface area contributed by atoms with Crippen LogP contribution < -0.4 is 10.6 Å². The van der Waals surface area contributed by atoms with E-state index in [-0.39, 0.29) is 11.3 Å². The lowest BCUT2D eigenvalue weighted by Gasteiger charge is -2.19. The van der Waals surface area contributed by atoms with Crippen LogP contribution >= 0.6 is 0 Å². The molecule has 122 valence electrons. The van der Waals surface area contributed by atoms with Crippen molar-refractivity contribution in [1.29, 1.82) is 0 Å². The molecule has 1 amide bonds. The van der Waals surface area contributed by atoms with Gasteiger partial charge in [-0.1, -0.05) is 45.0 Å². The van der Waals surface area contributed by atoms with Crippen molar-refractivity contribution >= 4 is 17.3 Å². The molecule has 0 saturated heterocycles. The summed E-state index contributed by atoms with van der Waals surface area (Å²) in [7, 11) is 0. The Morgan fingerprint density at radius 2 is 1.70 bits per heavy atom. The molecule has 0 aliphatic rings. The Morgan fingerprint density at radius 3 is 2.30 bits per heavy atom. The average Bonchev–Trinajstić information content (AvgIpc) is 2.47. The van der Waals surface area contributed by atoms with Gasteiger partial charge >= 0.3 is 0 Å². The van der Waals surface area contributed by atoms with Crippen LogP contribution in [-0.4, -0.2) is 12.5 Å². The fourth-order valence-electron chi connectivity index (χ4n) is 2.35. The molecule has 2 rings (SSSR count). The summed E-state index contributed by atoms with van der Waals surface area (Å²) < 4.78 is 0. The van der Waals surface area contributed by atoms with Crippen LogP contribution in [0.3, 0.4) is 0 Å². The van der Waals surface area contributed by atoms with Gasteiger partial charge in [-0.2, -0.15) is 0 Å². The fourth-order valence-corrected chi connectivity index (χ4v) is 2.35. The number of carbonyl (C=O) groups excluding carboxylic acids is 1. The highest BCUT2D eigenvalue weighted by molar-refractivity contribution is 5.91. The molecule has 0 spiro atoms. The van der Waals surface area contributed by atoms with Crippen molar-refractivity contribution in [3.63, 3.8) is 0 Å². The van der Waals surface area contributed by atoms with Gasteiger partial charge in [-0.3, -0.25) is 4.79 Å². The van der Waals surface area contributed by atoms with Crippen LogP contribution in [-0.2, 0) is 10.2 Å². The standard InChI is InChI=1S/C20H26N2O/c1-15-6-5-7-18(14-15)22-19(23)12-13-21-17-10-8-16(9-11-17)20(2,3)4/h5-11,14,21H,12-13H2,1-4H3,(H,22,23). The number of nitrogens with one attached hydrogen (secondary N) is 2. The van der Waals surface area contributed by atoms with Crippen LogP contribution in [0.15, 0.2) is 48.5 Å². The monoisotopic (exact) mass is 310 g/mol. The lowest BCUT2D eigenvalue weighted by molar-refractivity contribution is -0.115. The second kappa shape index (κ2) is 7.32.